The fourth-order valence-electron chi connectivity index (χ4n) is 3.24. The van der Waals surface area contributed by atoms with Crippen molar-refractivity contribution in [3.05, 3.63) is 41.8 Å². The molecule has 3 rings (SSSR count). The lowest BCUT2D eigenvalue weighted by Gasteiger charge is -2.14. The first-order valence-electron chi connectivity index (χ1n) is 10.1. The van der Waals surface area contributed by atoms with Crippen molar-refractivity contribution in [1.82, 2.24) is 15.5 Å². The van der Waals surface area contributed by atoms with E-state index in [9.17, 15) is 13.2 Å². The van der Waals surface area contributed by atoms with Crippen molar-refractivity contribution >= 4 is 0 Å². The van der Waals surface area contributed by atoms with Gasteiger partial charge in [-0.25, -0.2) is 0 Å². The van der Waals surface area contributed by atoms with Crippen LogP contribution in [-0.2, 0) is 6.18 Å². The van der Waals surface area contributed by atoms with E-state index in [4.69, 9.17) is 9.26 Å². The van der Waals surface area contributed by atoms with Gasteiger partial charge in [0.2, 0.25) is 11.7 Å². The molecule has 1 aromatic heterocycles. The van der Waals surface area contributed by atoms with Crippen molar-refractivity contribution in [2.75, 3.05) is 13.2 Å². The Labute approximate surface area is 168 Å². The van der Waals surface area contributed by atoms with Crippen LogP contribution in [0.3, 0.4) is 0 Å². The highest BCUT2D eigenvalue weighted by atomic mass is 19.4. The molecule has 0 bridgehead atoms. The van der Waals surface area contributed by atoms with E-state index in [1.54, 1.807) is 6.08 Å². The third-order valence-electron chi connectivity index (χ3n) is 4.82. The summed E-state index contributed by atoms with van der Waals surface area (Å²) in [5.74, 6) is 0.335. The second kappa shape index (κ2) is 9.91. The van der Waals surface area contributed by atoms with E-state index in [0.29, 0.717) is 5.89 Å². The van der Waals surface area contributed by atoms with Gasteiger partial charge in [-0.1, -0.05) is 37.1 Å². The van der Waals surface area contributed by atoms with E-state index in [2.05, 4.69) is 22.4 Å². The van der Waals surface area contributed by atoms with Gasteiger partial charge < -0.3 is 14.6 Å². The quantitative estimate of drug-likeness (QED) is 0.426. The molecule has 1 saturated heterocycles. The predicted octanol–water partition coefficient (Wildman–Crippen LogP) is 5.70. The number of nitrogens with one attached hydrogen (secondary N) is 1. The van der Waals surface area contributed by atoms with Crippen LogP contribution in [0.25, 0.3) is 11.4 Å². The Balaban J connectivity index is 1.71. The van der Waals surface area contributed by atoms with Gasteiger partial charge in [0.05, 0.1) is 11.6 Å². The van der Waals surface area contributed by atoms with Gasteiger partial charge in [0, 0.05) is 5.56 Å². The van der Waals surface area contributed by atoms with Gasteiger partial charge in [0.15, 0.2) is 0 Å². The Morgan fingerprint density at radius 3 is 2.86 bits per heavy atom. The average molecular weight is 409 g/mol. The molecule has 158 valence electrons. The minimum atomic E-state index is -4.55. The zero-order valence-corrected chi connectivity index (χ0v) is 16.5. The fourth-order valence-corrected chi connectivity index (χ4v) is 3.24. The van der Waals surface area contributed by atoms with Crippen molar-refractivity contribution in [2.45, 2.75) is 57.7 Å². The number of allylic oxidation sites excluding steroid dienone is 1. The van der Waals surface area contributed by atoms with Crippen LogP contribution in [0.5, 0.6) is 5.75 Å². The molecule has 2 heterocycles. The van der Waals surface area contributed by atoms with Gasteiger partial charge in [-0.3, -0.25) is 0 Å². The number of rotatable bonds is 9. The Kier molecular flexibility index (Phi) is 7.30. The van der Waals surface area contributed by atoms with Crippen LogP contribution in [0, 0.1) is 0 Å². The topological polar surface area (TPSA) is 60.2 Å². The lowest BCUT2D eigenvalue weighted by Crippen LogP contribution is -2.13. The minimum absolute atomic E-state index is 0.0370. The van der Waals surface area contributed by atoms with Crippen LogP contribution in [0.2, 0.25) is 0 Å². The molecule has 1 aromatic carbocycles. The molecule has 1 N–H and O–H groups in total. The van der Waals surface area contributed by atoms with Crippen LogP contribution < -0.4 is 10.1 Å². The highest BCUT2D eigenvalue weighted by molar-refractivity contribution is 5.59. The summed E-state index contributed by atoms with van der Waals surface area (Å²) in [6.07, 6.45) is 5.25. The smallest absolute Gasteiger partial charge is 0.419 e. The Morgan fingerprint density at radius 1 is 1.28 bits per heavy atom. The average Bonchev–Trinajstić information content (AvgIpc) is 3.38. The van der Waals surface area contributed by atoms with Crippen LogP contribution in [-0.4, -0.2) is 23.3 Å². The Bertz CT molecular complexity index is 812. The molecule has 1 atom stereocenters. The second-order valence-electron chi connectivity index (χ2n) is 7.09. The predicted molar refractivity (Wildman–Crippen MR) is 103 cm³/mol. The summed E-state index contributed by atoms with van der Waals surface area (Å²) in [6, 6.07) is 3.81. The van der Waals surface area contributed by atoms with E-state index in [-0.39, 0.29) is 29.8 Å². The van der Waals surface area contributed by atoms with Gasteiger partial charge in [0.25, 0.3) is 0 Å². The molecular formula is C21H26F3N3O2. The summed E-state index contributed by atoms with van der Waals surface area (Å²) in [4.78, 5) is 4.27. The molecule has 1 aliphatic rings. The maximum Gasteiger partial charge on any atom is 0.419 e. The second-order valence-corrected chi connectivity index (χ2v) is 7.09. The van der Waals surface area contributed by atoms with Crippen LogP contribution in [0.4, 0.5) is 13.2 Å². The third-order valence-corrected chi connectivity index (χ3v) is 4.82. The lowest BCUT2D eigenvalue weighted by atomic mass is 10.1. The normalized spacial score (nSPS) is 17.3. The molecule has 29 heavy (non-hydrogen) atoms. The third kappa shape index (κ3) is 5.82. The summed E-state index contributed by atoms with van der Waals surface area (Å²) >= 11 is 0. The molecular weight excluding hydrogens is 383 g/mol. The number of hydrogen-bond acceptors (Lipinski definition) is 5. The van der Waals surface area contributed by atoms with Crippen molar-refractivity contribution < 1.29 is 22.4 Å². The highest BCUT2D eigenvalue weighted by Crippen LogP contribution is 2.38. The number of aromatic nitrogens is 2. The van der Waals surface area contributed by atoms with Gasteiger partial charge >= 0.3 is 6.18 Å². The number of nitrogens with zero attached hydrogens (tertiary/aromatic N) is 2. The van der Waals surface area contributed by atoms with Crippen molar-refractivity contribution in [3.8, 4) is 17.1 Å². The molecule has 0 saturated carbocycles. The van der Waals surface area contributed by atoms with E-state index in [1.807, 2.05) is 6.08 Å². The first kappa shape index (κ1) is 21.4. The van der Waals surface area contributed by atoms with Gasteiger partial charge in [-0.05, 0) is 50.4 Å². The van der Waals surface area contributed by atoms with Crippen LogP contribution >= 0.6 is 0 Å². The van der Waals surface area contributed by atoms with E-state index in [0.717, 1.165) is 51.1 Å². The first-order valence-corrected chi connectivity index (χ1v) is 10.1. The lowest BCUT2D eigenvalue weighted by molar-refractivity contribution is -0.138. The molecule has 0 unspecified atom stereocenters. The van der Waals surface area contributed by atoms with Crippen molar-refractivity contribution in [3.63, 3.8) is 0 Å². The number of unbranched alkanes of at least 4 members (excludes halogenated alkanes) is 3. The summed E-state index contributed by atoms with van der Waals surface area (Å²) in [6.45, 7) is 3.07. The summed E-state index contributed by atoms with van der Waals surface area (Å²) in [7, 11) is 0. The summed E-state index contributed by atoms with van der Waals surface area (Å²) in [5, 5.41) is 7.07. The largest absolute Gasteiger partial charge is 0.489 e. The van der Waals surface area contributed by atoms with E-state index < -0.39 is 11.7 Å². The molecule has 8 heteroatoms. The number of alkyl halides is 3. The Morgan fingerprint density at radius 2 is 2.14 bits per heavy atom. The monoisotopic (exact) mass is 409 g/mol. The molecule has 0 radical (unpaired) electrons. The van der Waals surface area contributed by atoms with E-state index in [1.165, 1.54) is 12.1 Å². The zero-order chi connectivity index (χ0) is 20.7. The number of ether oxygens (including phenoxy) is 1. The van der Waals surface area contributed by atoms with E-state index >= 15 is 0 Å². The van der Waals surface area contributed by atoms with Gasteiger partial charge in [0.1, 0.15) is 12.4 Å². The molecule has 1 fully saturated rings. The summed E-state index contributed by atoms with van der Waals surface area (Å²) < 4.78 is 51.2. The molecule has 2 aromatic rings. The molecule has 0 spiro atoms. The standard InChI is InChI=1S/C21H26F3N3O2/c1-2-3-4-5-6-7-13-28-18-11-10-15(14-16(18)21(22,23)24)19-26-20(29-27-19)17-9-8-12-25-17/h6-7,10-11,14,17,25H,2-5,8-9,12-13H2,1H3/b7-6+/t17-/m0/s1. The number of benzene rings is 1. The maximum atomic E-state index is 13.5. The van der Waals surface area contributed by atoms with Crippen LogP contribution in [0.15, 0.2) is 34.9 Å². The maximum absolute atomic E-state index is 13.5. The Hall–Kier alpha value is -2.35. The van der Waals surface area contributed by atoms with Gasteiger partial charge in [-0.2, -0.15) is 18.2 Å². The molecule has 5 nitrogen and oxygen atoms in total. The number of hydrogen-bond donors (Lipinski definition) is 1. The zero-order valence-electron chi connectivity index (χ0n) is 16.5. The molecule has 1 aliphatic heterocycles. The van der Waals surface area contributed by atoms with Crippen LogP contribution in [0.1, 0.15) is 62.9 Å². The minimum Gasteiger partial charge on any atom is -0.489 e. The molecule has 0 aliphatic carbocycles. The highest BCUT2D eigenvalue weighted by Gasteiger charge is 2.35. The number of halogens is 3. The van der Waals surface area contributed by atoms with Gasteiger partial charge in [-0.15, -0.1) is 0 Å². The van der Waals surface area contributed by atoms with Crippen molar-refractivity contribution in [2.24, 2.45) is 0 Å². The fraction of sp³-hybridized carbons (Fsp3) is 0.524. The summed E-state index contributed by atoms with van der Waals surface area (Å²) in [5.41, 5.74) is -0.604. The SMILES string of the molecule is CCCCC/C=C/COc1ccc(-c2noc([C@@H]3CCCN3)n2)cc1C(F)(F)F. The molecule has 0 amide bonds. The first-order chi connectivity index (χ1) is 14.0. The van der Waals surface area contributed by atoms with Crippen molar-refractivity contribution in [1.29, 1.82) is 0 Å².